The summed E-state index contributed by atoms with van der Waals surface area (Å²) >= 11 is 5.96. The molecule has 0 fully saturated rings. The van der Waals surface area contributed by atoms with Gasteiger partial charge >= 0.3 is 5.97 Å². The van der Waals surface area contributed by atoms with E-state index < -0.39 is 10.9 Å². The molecule has 3 rings (SSSR count). The van der Waals surface area contributed by atoms with E-state index in [2.05, 4.69) is 10.5 Å². The number of hydrogen-bond acceptors (Lipinski definition) is 6. The summed E-state index contributed by atoms with van der Waals surface area (Å²) in [7, 11) is 0. The first-order chi connectivity index (χ1) is 12.9. The zero-order chi connectivity index (χ0) is 19.4. The van der Waals surface area contributed by atoms with Crippen LogP contribution in [0.15, 0.2) is 64.1 Å². The predicted molar refractivity (Wildman–Crippen MR) is 100 cm³/mol. The minimum Gasteiger partial charge on any atom is -0.478 e. The van der Waals surface area contributed by atoms with Crippen molar-refractivity contribution in [2.75, 3.05) is 5.43 Å². The maximum absolute atomic E-state index is 11.0. The molecule has 0 aliphatic heterocycles. The van der Waals surface area contributed by atoms with Gasteiger partial charge in [-0.2, -0.15) is 5.10 Å². The van der Waals surface area contributed by atoms with Crippen molar-refractivity contribution in [2.24, 2.45) is 5.10 Å². The number of nitrogens with one attached hydrogen (secondary N) is 1. The van der Waals surface area contributed by atoms with Gasteiger partial charge in [0.15, 0.2) is 0 Å². The number of furan rings is 1. The SMILES string of the molecule is O=C(O)c1ccc(-c2ccc(/C=N\Nc3ccc([N+](=O)[O-])cc3)o2)cc1Cl. The molecule has 0 spiro atoms. The molecule has 0 radical (unpaired) electrons. The average Bonchev–Trinajstić information content (AvgIpc) is 3.10. The van der Waals surface area contributed by atoms with Crippen molar-refractivity contribution in [3.05, 3.63) is 81.1 Å². The van der Waals surface area contributed by atoms with Gasteiger partial charge in [0.1, 0.15) is 11.5 Å². The van der Waals surface area contributed by atoms with E-state index in [0.29, 0.717) is 22.8 Å². The summed E-state index contributed by atoms with van der Waals surface area (Å²) in [6.45, 7) is 0. The van der Waals surface area contributed by atoms with Crippen molar-refractivity contribution in [3.8, 4) is 11.3 Å². The molecule has 136 valence electrons. The summed E-state index contributed by atoms with van der Waals surface area (Å²) in [5.41, 5.74) is 3.96. The van der Waals surface area contributed by atoms with Gasteiger partial charge in [0.25, 0.3) is 5.69 Å². The van der Waals surface area contributed by atoms with Crippen LogP contribution < -0.4 is 5.43 Å². The van der Waals surface area contributed by atoms with Crippen LogP contribution in [-0.2, 0) is 0 Å². The molecule has 1 heterocycles. The number of nitro groups is 1. The summed E-state index contributed by atoms with van der Waals surface area (Å²) in [6.07, 6.45) is 1.44. The van der Waals surface area contributed by atoms with Crippen molar-refractivity contribution in [1.82, 2.24) is 0 Å². The maximum atomic E-state index is 11.0. The van der Waals surface area contributed by atoms with E-state index in [1.165, 1.54) is 42.6 Å². The Balaban J connectivity index is 1.68. The number of benzene rings is 2. The number of hydrogen-bond donors (Lipinski definition) is 2. The summed E-state index contributed by atoms with van der Waals surface area (Å²) in [4.78, 5) is 21.1. The first-order valence-electron chi connectivity index (χ1n) is 7.60. The minimum absolute atomic E-state index is 0.00668. The molecule has 0 atom stereocenters. The Morgan fingerprint density at radius 2 is 1.93 bits per heavy atom. The molecule has 0 amide bonds. The molecule has 27 heavy (non-hydrogen) atoms. The number of carbonyl (C=O) groups is 1. The number of carboxylic acid groups (broad SMARTS) is 1. The molecule has 2 N–H and O–H groups in total. The lowest BCUT2D eigenvalue weighted by Crippen LogP contribution is -1.96. The van der Waals surface area contributed by atoms with Gasteiger partial charge in [0.2, 0.25) is 0 Å². The standard InChI is InChI=1S/C18H12ClN3O5/c19-16-9-11(1-7-15(16)18(23)24)17-8-6-14(27-17)10-20-21-12-2-4-13(5-3-12)22(25)26/h1-10,21H,(H,23,24)/b20-10-. The molecule has 0 bridgehead atoms. The smallest absolute Gasteiger partial charge is 0.337 e. The molecule has 0 saturated carbocycles. The summed E-state index contributed by atoms with van der Waals surface area (Å²) < 4.78 is 5.63. The van der Waals surface area contributed by atoms with Crippen LogP contribution in [0.25, 0.3) is 11.3 Å². The van der Waals surface area contributed by atoms with E-state index in [4.69, 9.17) is 21.1 Å². The Bertz CT molecular complexity index is 1030. The van der Waals surface area contributed by atoms with Gasteiger partial charge < -0.3 is 9.52 Å². The number of hydrazone groups is 1. The number of aromatic carboxylic acids is 1. The fourth-order valence-electron chi connectivity index (χ4n) is 2.25. The molecule has 3 aromatic rings. The van der Waals surface area contributed by atoms with Gasteiger partial charge in [-0.25, -0.2) is 4.79 Å². The first-order valence-corrected chi connectivity index (χ1v) is 7.98. The molecule has 0 aliphatic carbocycles. The van der Waals surface area contributed by atoms with Crippen molar-refractivity contribution >= 4 is 35.2 Å². The summed E-state index contributed by atoms with van der Waals surface area (Å²) in [6, 6.07) is 13.7. The van der Waals surface area contributed by atoms with Crippen LogP contribution in [0.2, 0.25) is 5.02 Å². The Morgan fingerprint density at radius 3 is 2.56 bits per heavy atom. The van der Waals surface area contributed by atoms with Gasteiger partial charge in [0, 0.05) is 17.7 Å². The molecular weight excluding hydrogens is 374 g/mol. The highest BCUT2D eigenvalue weighted by atomic mass is 35.5. The fraction of sp³-hybridized carbons (Fsp3) is 0. The van der Waals surface area contributed by atoms with Gasteiger partial charge in [-0.15, -0.1) is 0 Å². The van der Waals surface area contributed by atoms with Gasteiger partial charge in [-0.1, -0.05) is 17.7 Å². The molecule has 8 nitrogen and oxygen atoms in total. The Hall–Kier alpha value is -3.65. The second kappa shape index (κ2) is 7.71. The third kappa shape index (κ3) is 4.31. The van der Waals surface area contributed by atoms with E-state index in [-0.39, 0.29) is 16.3 Å². The van der Waals surface area contributed by atoms with Crippen LogP contribution >= 0.6 is 11.6 Å². The fourth-order valence-corrected chi connectivity index (χ4v) is 2.51. The monoisotopic (exact) mass is 385 g/mol. The normalized spacial score (nSPS) is 10.9. The lowest BCUT2D eigenvalue weighted by Gasteiger charge is -2.01. The highest BCUT2D eigenvalue weighted by molar-refractivity contribution is 6.33. The molecule has 0 saturated heterocycles. The van der Waals surface area contributed by atoms with Crippen LogP contribution in [0.4, 0.5) is 11.4 Å². The highest BCUT2D eigenvalue weighted by Crippen LogP contribution is 2.27. The molecule has 0 unspecified atom stereocenters. The van der Waals surface area contributed by atoms with Gasteiger partial charge in [-0.3, -0.25) is 15.5 Å². The second-order valence-corrected chi connectivity index (χ2v) is 5.78. The van der Waals surface area contributed by atoms with Crippen molar-refractivity contribution in [3.63, 3.8) is 0 Å². The van der Waals surface area contributed by atoms with E-state index in [1.807, 2.05) is 0 Å². The highest BCUT2D eigenvalue weighted by Gasteiger charge is 2.11. The largest absolute Gasteiger partial charge is 0.478 e. The third-order valence-electron chi connectivity index (χ3n) is 3.57. The van der Waals surface area contributed by atoms with Crippen LogP contribution in [0.3, 0.4) is 0 Å². The Labute approximate surface area is 157 Å². The zero-order valence-electron chi connectivity index (χ0n) is 13.6. The van der Waals surface area contributed by atoms with Crippen LogP contribution in [-0.4, -0.2) is 22.2 Å². The first kappa shape index (κ1) is 18.2. The second-order valence-electron chi connectivity index (χ2n) is 5.38. The third-order valence-corrected chi connectivity index (χ3v) is 3.89. The Kier molecular flexibility index (Phi) is 5.18. The molecule has 2 aromatic carbocycles. The lowest BCUT2D eigenvalue weighted by atomic mass is 10.1. The number of nitrogens with zero attached hydrogens (tertiary/aromatic N) is 2. The summed E-state index contributed by atoms with van der Waals surface area (Å²) in [5, 5.41) is 23.7. The number of rotatable bonds is 6. The van der Waals surface area contributed by atoms with E-state index in [0.717, 1.165) is 0 Å². The number of carboxylic acids is 1. The molecule has 0 aliphatic rings. The van der Waals surface area contributed by atoms with Crippen molar-refractivity contribution < 1.29 is 19.2 Å². The van der Waals surface area contributed by atoms with Crippen LogP contribution in [0.1, 0.15) is 16.1 Å². The Morgan fingerprint density at radius 1 is 1.19 bits per heavy atom. The van der Waals surface area contributed by atoms with Crippen LogP contribution in [0, 0.1) is 10.1 Å². The number of anilines is 1. The molecular formula is C18H12ClN3O5. The lowest BCUT2D eigenvalue weighted by molar-refractivity contribution is -0.384. The number of non-ortho nitro benzene ring substituents is 1. The predicted octanol–water partition coefficient (Wildman–Crippen LogP) is 4.65. The minimum atomic E-state index is -1.10. The number of nitro benzene ring substituents is 1. The molecule has 1 aromatic heterocycles. The van der Waals surface area contributed by atoms with Gasteiger partial charge in [-0.05, 0) is 36.4 Å². The zero-order valence-corrected chi connectivity index (χ0v) is 14.4. The van der Waals surface area contributed by atoms with Gasteiger partial charge in [0.05, 0.1) is 27.4 Å². The topological polar surface area (TPSA) is 118 Å². The van der Waals surface area contributed by atoms with Crippen molar-refractivity contribution in [1.29, 1.82) is 0 Å². The number of halogens is 1. The van der Waals surface area contributed by atoms with Crippen LogP contribution in [0.5, 0.6) is 0 Å². The quantitative estimate of drug-likeness (QED) is 0.362. The van der Waals surface area contributed by atoms with E-state index in [9.17, 15) is 14.9 Å². The molecule has 9 heteroatoms. The van der Waals surface area contributed by atoms with E-state index in [1.54, 1.807) is 18.2 Å². The average molecular weight is 386 g/mol. The van der Waals surface area contributed by atoms with E-state index >= 15 is 0 Å². The maximum Gasteiger partial charge on any atom is 0.337 e. The van der Waals surface area contributed by atoms with Crippen molar-refractivity contribution in [2.45, 2.75) is 0 Å². The summed E-state index contributed by atoms with van der Waals surface area (Å²) in [5.74, 6) is -0.139.